The number of piperazine rings is 1. The Morgan fingerprint density at radius 1 is 1.17 bits per heavy atom. The number of benzene rings is 1. The zero-order valence-electron chi connectivity index (χ0n) is 18.3. The molecule has 1 N–H and O–H groups in total. The Bertz CT molecular complexity index is 862. The lowest BCUT2D eigenvalue weighted by atomic mass is 10.2. The number of hydrogen-bond donors (Lipinski definition) is 1. The zero-order valence-corrected chi connectivity index (χ0v) is 19.2. The average Bonchev–Trinajstić information content (AvgIpc) is 2.67. The van der Waals surface area contributed by atoms with Gasteiger partial charge in [-0.05, 0) is 30.5 Å². The predicted molar refractivity (Wildman–Crippen MR) is 115 cm³/mol. The largest absolute Gasteiger partial charge is 0.449 e. The van der Waals surface area contributed by atoms with Crippen LogP contribution >= 0.6 is 0 Å². The lowest BCUT2D eigenvalue weighted by molar-refractivity contribution is -0.117. The van der Waals surface area contributed by atoms with Crippen LogP contribution in [0.15, 0.2) is 23.1 Å². The van der Waals surface area contributed by atoms with Gasteiger partial charge in [-0.3, -0.25) is 9.69 Å². The van der Waals surface area contributed by atoms with Gasteiger partial charge in [0.1, 0.15) is 0 Å². The van der Waals surface area contributed by atoms with Crippen LogP contribution in [0.1, 0.15) is 19.4 Å². The predicted octanol–water partition coefficient (Wildman–Crippen LogP) is 1.59. The van der Waals surface area contributed by atoms with E-state index in [1.807, 2.05) is 18.7 Å². The normalized spacial score (nSPS) is 15.5. The van der Waals surface area contributed by atoms with E-state index in [-0.39, 0.29) is 29.4 Å². The maximum Gasteiger partial charge on any atom is 0.409 e. The van der Waals surface area contributed by atoms with Crippen LogP contribution in [0.3, 0.4) is 0 Å². The molecule has 0 radical (unpaired) electrons. The van der Waals surface area contributed by atoms with Crippen LogP contribution in [0.25, 0.3) is 0 Å². The van der Waals surface area contributed by atoms with Crippen molar-refractivity contribution in [1.82, 2.24) is 14.1 Å². The molecule has 1 aliphatic rings. The van der Waals surface area contributed by atoms with Crippen molar-refractivity contribution < 1.29 is 22.7 Å². The summed E-state index contributed by atoms with van der Waals surface area (Å²) < 4.78 is 31.3. The molecular weight excluding hydrogens is 408 g/mol. The fourth-order valence-electron chi connectivity index (χ4n) is 2.97. The minimum absolute atomic E-state index is 0.165. The SMILES string of the molecule is Cc1ccc(NC(=O)CN2CCN(C(=O)OCC(C)C)CC2)cc1S(=O)(=O)N(C)C. The molecule has 0 saturated carbocycles. The first kappa shape index (κ1) is 24.1. The highest BCUT2D eigenvalue weighted by Crippen LogP contribution is 2.22. The molecule has 2 rings (SSSR count). The fraction of sp³-hybridized carbons (Fsp3) is 0.600. The molecule has 1 aromatic rings. The number of carbonyl (C=O) groups is 2. The van der Waals surface area contributed by atoms with Gasteiger partial charge in [-0.25, -0.2) is 17.5 Å². The molecule has 0 aromatic heterocycles. The van der Waals surface area contributed by atoms with E-state index < -0.39 is 10.0 Å². The molecule has 0 spiro atoms. The van der Waals surface area contributed by atoms with Gasteiger partial charge in [-0.15, -0.1) is 0 Å². The Labute approximate surface area is 179 Å². The van der Waals surface area contributed by atoms with Crippen LogP contribution in [0.2, 0.25) is 0 Å². The summed E-state index contributed by atoms with van der Waals surface area (Å²) in [4.78, 5) is 28.2. The van der Waals surface area contributed by atoms with Crippen LogP contribution in [0.5, 0.6) is 0 Å². The maximum atomic E-state index is 12.4. The Morgan fingerprint density at radius 3 is 2.37 bits per heavy atom. The molecule has 30 heavy (non-hydrogen) atoms. The monoisotopic (exact) mass is 440 g/mol. The van der Waals surface area contributed by atoms with Gasteiger partial charge in [0, 0.05) is 46.0 Å². The average molecular weight is 441 g/mol. The minimum Gasteiger partial charge on any atom is -0.449 e. The number of hydrogen-bond acceptors (Lipinski definition) is 6. The third kappa shape index (κ3) is 6.41. The molecule has 0 atom stereocenters. The molecular formula is C20H32N4O5S. The van der Waals surface area contributed by atoms with E-state index >= 15 is 0 Å². The highest BCUT2D eigenvalue weighted by Gasteiger charge is 2.24. The van der Waals surface area contributed by atoms with E-state index in [4.69, 9.17) is 4.74 Å². The Hall–Kier alpha value is -2.17. The number of nitrogens with zero attached hydrogens (tertiary/aromatic N) is 3. The first-order valence-corrected chi connectivity index (χ1v) is 11.4. The van der Waals surface area contributed by atoms with E-state index in [2.05, 4.69) is 5.32 Å². The van der Waals surface area contributed by atoms with Gasteiger partial charge in [-0.2, -0.15) is 0 Å². The van der Waals surface area contributed by atoms with E-state index in [1.54, 1.807) is 24.0 Å². The van der Waals surface area contributed by atoms with E-state index in [9.17, 15) is 18.0 Å². The number of sulfonamides is 1. The van der Waals surface area contributed by atoms with Crippen molar-refractivity contribution in [2.75, 3.05) is 58.7 Å². The van der Waals surface area contributed by atoms with Gasteiger partial charge in [-0.1, -0.05) is 19.9 Å². The number of carbonyl (C=O) groups excluding carboxylic acids is 2. The van der Waals surface area contributed by atoms with Crippen molar-refractivity contribution in [2.24, 2.45) is 5.92 Å². The molecule has 1 heterocycles. The third-order valence-electron chi connectivity index (χ3n) is 4.77. The van der Waals surface area contributed by atoms with Crippen molar-refractivity contribution in [2.45, 2.75) is 25.7 Å². The number of nitrogens with one attached hydrogen (secondary N) is 1. The molecule has 0 aliphatic carbocycles. The first-order chi connectivity index (χ1) is 14.0. The number of rotatable bonds is 7. The van der Waals surface area contributed by atoms with Crippen molar-refractivity contribution in [3.63, 3.8) is 0 Å². The van der Waals surface area contributed by atoms with Crippen LogP contribution < -0.4 is 5.32 Å². The number of amides is 2. The Kier molecular flexibility index (Phi) is 8.22. The van der Waals surface area contributed by atoms with Gasteiger partial charge in [0.15, 0.2) is 0 Å². The number of aryl methyl sites for hydroxylation is 1. The van der Waals surface area contributed by atoms with Crippen LogP contribution in [0.4, 0.5) is 10.5 Å². The Balaban J connectivity index is 1.89. The quantitative estimate of drug-likeness (QED) is 0.691. The maximum absolute atomic E-state index is 12.4. The summed E-state index contributed by atoms with van der Waals surface area (Å²) in [6, 6.07) is 4.84. The topological polar surface area (TPSA) is 99.3 Å². The standard InChI is InChI=1S/C20H32N4O5S/c1-15(2)14-29-20(26)24-10-8-23(9-11-24)13-19(25)21-17-7-6-16(3)18(12-17)30(27,28)22(4)5/h6-7,12,15H,8-11,13-14H2,1-5H3,(H,21,25). The summed E-state index contributed by atoms with van der Waals surface area (Å²) in [7, 11) is -0.654. The summed E-state index contributed by atoms with van der Waals surface area (Å²) in [5.74, 6) is 0.0526. The molecule has 1 saturated heterocycles. The highest BCUT2D eigenvalue weighted by molar-refractivity contribution is 7.89. The lowest BCUT2D eigenvalue weighted by Gasteiger charge is -2.33. The van der Waals surface area contributed by atoms with Crippen LogP contribution in [-0.4, -0.2) is 87.9 Å². The summed E-state index contributed by atoms with van der Waals surface area (Å²) >= 11 is 0. The second-order valence-corrected chi connectivity index (χ2v) is 10.2. The van der Waals surface area contributed by atoms with E-state index in [0.29, 0.717) is 44.0 Å². The van der Waals surface area contributed by atoms with Gasteiger partial charge < -0.3 is 15.0 Å². The highest BCUT2D eigenvalue weighted by atomic mass is 32.2. The second kappa shape index (κ2) is 10.2. The zero-order chi connectivity index (χ0) is 22.5. The van der Waals surface area contributed by atoms with Crippen molar-refractivity contribution in [1.29, 1.82) is 0 Å². The first-order valence-electron chi connectivity index (χ1n) is 9.97. The van der Waals surface area contributed by atoms with Crippen molar-refractivity contribution in [3.8, 4) is 0 Å². The fourth-order valence-corrected chi connectivity index (χ4v) is 4.12. The van der Waals surface area contributed by atoms with Gasteiger partial charge in [0.05, 0.1) is 18.0 Å². The molecule has 1 aliphatic heterocycles. The minimum atomic E-state index is -3.60. The van der Waals surface area contributed by atoms with Crippen LogP contribution in [0, 0.1) is 12.8 Å². The third-order valence-corrected chi connectivity index (χ3v) is 6.73. The summed E-state index contributed by atoms with van der Waals surface area (Å²) in [6.07, 6.45) is -0.318. The number of ether oxygens (including phenoxy) is 1. The Morgan fingerprint density at radius 2 is 1.80 bits per heavy atom. The van der Waals surface area contributed by atoms with Crippen molar-refractivity contribution in [3.05, 3.63) is 23.8 Å². The van der Waals surface area contributed by atoms with Gasteiger partial charge in [0.2, 0.25) is 15.9 Å². The summed E-state index contributed by atoms with van der Waals surface area (Å²) in [6.45, 7) is 8.37. The van der Waals surface area contributed by atoms with E-state index in [1.165, 1.54) is 20.2 Å². The summed E-state index contributed by atoms with van der Waals surface area (Å²) in [5.41, 5.74) is 1.05. The molecule has 2 amide bonds. The van der Waals surface area contributed by atoms with Crippen LogP contribution in [-0.2, 0) is 19.6 Å². The molecule has 0 bridgehead atoms. The number of anilines is 1. The van der Waals surface area contributed by atoms with Gasteiger partial charge >= 0.3 is 6.09 Å². The lowest BCUT2D eigenvalue weighted by Crippen LogP contribution is -2.50. The molecule has 9 nitrogen and oxygen atoms in total. The summed E-state index contributed by atoms with van der Waals surface area (Å²) in [5, 5.41) is 2.77. The molecule has 10 heteroatoms. The second-order valence-electron chi connectivity index (χ2n) is 8.05. The van der Waals surface area contributed by atoms with Gasteiger partial charge in [0.25, 0.3) is 0 Å². The molecule has 168 valence electrons. The molecule has 0 unspecified atom stereocenters. The molecule has 1 fully saturated rings. The molecule has 1 aromatic carbocycles. The smallest absolute Gasteiger partial charge is 0.409 e. The van der Waals surface area contributed by atoms with Crippen molar-refractivity contribution >= 4 is 27.7 Å². The van der Waals surface area contributed by atoms with E-state index in [0.717, 1.165) is 4.31 Å².